The number of carboxylic acids is 1. The molecule has 154 valence electrons. The van der Waals surface area contributed by atoms with Crippen LogP contribution in [0.25, 0.3) is 21.5 Å². The molecule has 0 spiro atoms. The van der Waals surface area contributed by atoms with Gasteiger partial charge >= 0.3 is 12.1 Å². The van der Waals surface area contributed by atoms with E-state index in [4.69, 9.17) is 21.5 Å². The summed E-state index contributed by atoms with van der Waals surface area (Å²) in [4.78, 5) is 28.5. The number of fused-ring (bicyclic) bond motifs is 1. The fourth-order valence-electron chi connectivity index (χ4n) is 2.61. The number of amides is 1. The zero-order chi connectivity index (χ0) is 21.2. The average Bonchev–Trinajstić information content (AvgIpc) is 3.19. The highest BCUT2D eigenvalue weighted by atomic mass is 35.5. The highest BCUT2D eigenvalue weighted by Crippen LogP contribution is 2.31. The second-order valence-electron chi connectivity index (χ2n) is 6.24. The lowest BCUT2D eigenvalue weighted by atomic mass is 10.2. The molecule has 0 aliphatic carbocycles. The minimum Gasteiger partial charge on any atom is -0.475 e. The lowest BCUT2D eigenvalue weighted by Crippen LogP contribution is -2.43. The van der Waals surface area contributed by atoms with Crippen LogP contribution in [0.4, 0.5) is 13.2 Å². The summed E-state index contributed by atoms with van der Waals surface area (Å²) in [5.41, 5.74) is 2.92. The maximum atomic E-state index is 12.2. The van der Waals surface area contributed by atoms with Crippen molar-refractivity contribution in [3.8, 4) is 10.4 Å². The zero-order valence-corrected chi connectivity index (χ0v) is 16.4. The van der Waals surface area contributed by atoms with Gasteiger partial charge in [0.15, 0.2) is 0 Å². The molecule has 1 aliphatic rings. The Balaban J connectivity index is 0.000000298. The van der Waals surface area contributed by atoms with E-state index >= 15 is 0 Å². The van der Waals surface area contributed by atoms with Crippen molar-refractivity contribution in [1.82, 2.24) is 14.5 Å². The van der Waals surface area contributed by atoms with Crippen molar-refractivity contribution in [1.29, 1.82) is 0 Å². The molecule has 29 heavy (non-hydrogen) atoms. The van der Waals surface area contributed by atoms with Crippen LogP contribution in [0, 0.1) is 0 Å². The van der Waals surface area contributed by atoms with E-state index in [0.29, 0.717) is 6.54 Å². The van der Waals surface area contributed by atoms with Gasteiger partial charge in [0.05, 0.1) is 16.1 Å². The first kappa shape index (κ1) is 21.1. The van der Waals surface area contributed by atoms with Crippen molar-refractivity contribution < 1.29 is 27.9 Å². The van der Waals surface area contributed by atoms with Crippen LogP contribution in [0.2, 0.25) is 5.02 Å². The van der Waals surface area contributed by atoms with Crippen molar-refractivity contribution in [3.63, 3.8) is 0 Å². The fourth-order valence-corrected chi connectivity index (χ4v) is 3.67. The zero-order valence-electron chi connectivity index (χ0n) is 14.8. The Morgan fingerprint density at radius 2 is 1.97 bits per heavy atom. The molecule has 0 unspecified atom stereocenters. The first-order chi connectivity index (χ1) is 13.6. The number of alkyl halides is 3. The number of aromatic nitrogens is 2. The second-order valence-corrected chi connectivity index (χ2v) is 7.59. The molecule has 0 radical (unpaired) electrons. The number of rotatable bonds is 3. The third kappa shape index (κ3) is 5.07. The molecule has 0 saturated carbocycles. The predicted molar refractivity (Wildman–Crippen MR) is 103 cm³/mol. The van der Waals surface area contributed by atoms with E-state index < -0.39 is 12.1 Å². The van der Waals surface area contributed by atoms with Crippen LogP contribution in [0.15, 0.2) is 36.0 Å². The van der Waals surface area contributed by atoms with Crippen LogP contribution in [-0.2, 0) is 16.1 Å². The number of hydrogen-bond donors (Lipinski definition) is 1. The highest BCUT2D eigenvalue weighted by Gasteiger charge is 2.38. The molecule has 6 nitrogen and oxygen atoms in total. The first-order valence-electron chi connectivity index (χ1n) is 8.42. The Morgan fingerprint density at radius 3 is 2.48 bits per heavy atom. The minimum atomic E-state index is -5.08. The molecule has 4 rings (SSSR count). The number of aliphatic carboxylic acids is 1. The maximum absolute atomic E-state index is 12.2. The van der Waals surface area contributed by atoms with Crippen molar-refractivity contribution >= 4 is 45.8 Å². The van der Waals surface area contributed by atoms with Gasteiger partial charge in [0.1, 0.15) is 6.54 Å². The molecule has 11 heteroatoms. The molecule has 1 saturated heterocycles. The number of carbonyl (C=O) groups excluding carboxylic acids is 1. The normalized spacial score (nSPS) is 13.6. The van der Waals surface area contributed by atoms with Crippen LogP contribution in [-0.4, -0.2) is 50.7 Å². The van der Waals surface area contributed by atoms with Gasteiger partial charge in [-0.15, -0.1) is 11.3 Å². The maximum Gasteiger partial charge on any atom is 0.490 e. The standard InChI is InChI=1S/C16H14ClN3OS.C2HF3O2/c17-12-7-15(22-10-12)11-6-14-13(18-8-11)2-5-20(14)9-16(21)19-3-1-4-19;3-2(4,5)1(6)7/h2,5-8,10H,1,3-4,9H2;(H,6,7). The largest absolute Gasteiger partial charge is 0.490 e. The third-order valence-electron chi connectivity index (χ3n) is 4.23. The smallest absolute Gasteiger partial charge is 0.475 e. The average molecular weight is 446 g/mol. The lowest BCUT2D eigenvalue weighted by molar-refractivity contribution is -0.192. The monoisotopic (exact) mass is 445 g/mol. The van der Waals surface area contributed by atoms with Crippen LogP contribution in [0.3, 0.4) is 0 Å². The molecule has 1 N–H and O–H groups in total. The van der Waals surface area contributed by atoms with Crippen molar-refractivity contribution in [3.05, 3.63) is 41.0 Å². The number of halogens is 4. The molecule has 3 aromatic heterocycles. The van der Waals surface area contributed by atoms with Gasteiger partial charge < -0.3 is 14.6 Å². The van der Waals surface area contributed by atoms with Crippen molar-refractivity contribution in [2.24, 2.45) is 0 Å². The van der Waals surface area contributed by atoms with Crippen LogP contribution >= 0.6 is 22.9 Å². The van der Waals surface area contributed by atoms with E-state index in [1.807, 2.05) is 39.4 Å². The van der Waals surface area contributed by atoms with E-state index in [1.165, 1.54) is 0 Å². The molecule has 1 amide bonds. The Labute approximate surface area is 172 Å². The summed E-state index contributed by atoms with van der Waals surface area (Å²) in [6, 6.07) is 5.96. The Bertz CT molecular complexity index is 1040. The lowest BCUT2D eigenvalue weighted by Gasteiger charge is -2.31. The molecule has 0 bridgehead atoms. The van der Waals surface area contributed by atoms with Gasteiger partial charge in [-0.05, 0) is 24.6 Å². The van der Waals surface area contributed by atoms with Gasteiger partial charge in [0.2, 0.25) is 5.91 Å². The summed E-state index contributed by atoms with van der Waals surface area (Å²) in [5.74, 6) is -2.58. The van der Waals surface area contributed by atoms with Gasteiger partial charge in [-0.25, -0.2) is 4.79 Å². The Kier molecular flexibility index (Phi) is 6.13. The van der Waals surface area contributed by atoms with Gasteiger partial charge in [-0.1, -0.05) is 11.6 Å². The number of pyridine rings is 1. The number of likely N-dealkylation sites (tertiary alicyclic amines) is 1. The van der Waals surface area contributed by atoms with E-state index in [1.54, 1.807) is 11.3 Å². The Hall–Kier alpha value is -2.59. The van der Waals surface area contributed by atoms with E-state index in [-0.39, 0.29) is 5.91 Å². The van der Waals surface area contributed by atoms with E-state index in [9.17, 15) is 18.0 Å². The number of thiophene rings is 1. The SMILES string of the molecule is O=C(Cn1ccc2ncc(-c3cc(Cl)cs3)cc21)N1CCC1.O=C(O)C(F)(F)F. The van der Waals surface area contributed by atoms with Gasteiger partial charge in [-0.3, -0.25) is 9.78 Å². The van der Waals surface area contributed by atoms with Gasteiger partial charge in [0, 0.05) is 41.3 Å². The summed E-state index contributed by atoms with van der Waals surface area (Å²) in [7, 11) is 0. The number of carbonyl (C=O) groups is 2. The summed E-state index contributed by atoms with van der Waals surface area (Å²) >= 11 is 7.59. The summed E-state index contributed by atoms with van der Waals surface area (Å²) in [6.45, 7) is 2.14. The molecule has 1 aliphatic heterocycles. The predicted octanol–water partition coefficient (Wildman–Crippen LogP) is 4.28. The number of nitrogens with zero attached hydrogens (tertiary/aromatic N) is 3. The quantitative estimate of drug-likeness (QED) is 0.652. The minimum absolute atomic E-state index is 0.174. The third-order valence-corrected chi connectivity index (χ3v) is 5.55. The fraction of sp³-hybridized carbons (Fsp3) is 0.278. The summed E-state index contributed by atoms with van der Waals surface area (Å²) in [5, 5.41) is 9.77. The topological polar surface area (TPSA) is 75.4 Å². The number of hydrogen-bond acceptors (Lipinski definition) is 4. The van der Waals surface area contributed by atoms with E-state index in [0.717, 1.165) is 46.0 Å². The van der Waals surface area contributed by atoms with Gasteiger partial charge in [0.25, 0.3) is 0 Å². The summed E-state index contributed by atoms with van der Waals surface area (Å²) < 4.78 is 33.7. The molecular formula is C18H15ClF3N3O3S. The molecule has 0 aromatic carbocycles. The molecule has 0 atom stereocenters. The molecule has 3 aromatic rings. The van der Waals surface area contributed by atoms with Crippen LogP contribution < -0.4 is 0 Å². The Morgan fingerprint density at radius 1 is 1.28 bits per heavy atom. The van der Waals surface area contributed by atoms with Crippen LogP contribution in [0.5, 0.6) is 0 Å². The summed E-state index contributed by atoms with van der Waals surface area (Å²) in [6.07, 6.45) is -0.185. The highest BCUT2D eigenvalue weighted by molar-refractivity contribution is 7.14. The van der Waals surface area contributed by atoms with Crippen LogP contribution in [0.1, 0.15) is 6.42 Å². The second kappa shape index (κ2) is 8.42. The number of carboxylic acid groups (broad SMARTS) is 1. The molecule has 4 heterocycles. The first-order valence-corrected chi connectivity index (χ1v) is 9.68. The van der Waals surface area contributed by atoms with Crippen molar-refractivity contribution in [2.75, 3.05) is 13.1 Å². The van der Waals surface area contributed by atoms with Gasteiger partial charge in [-0.2, -0.15) is 13.2 Å². The van der Waals surface area contributed by atoms with E-state index in [2.05, 4.69) is 11.1 Å². The molecular weight excluding hydrogens is 431 g/mol. The molecule has 1 fully saturated rings. The van der Waals surface area contributed by atoms with Crippen molar-refractivity contribution in [2.45, 2.75) is 19.1 Å².